The first-order valence-electron chi connectivity index (χ1n) is 5.25. The molecule has 0 spiro atoms. The van der Waals surface area contributed by atoms with Gasteiger partial charge in [-0.05, 0) is 25.1 Å². The second kappa shape index (κ2) is 5.76. The fraction of sp³-hybridized carbons (Fsp3) is 0.500. The van der Waals surface area contributed by atoms with E-state index in [-0.39, 0.29) is 5.75 Å². The van der Waals surface area contributed by atoms with E-state index in [0.29, 0.717) is 22.5 Å². The molecule has 0 aliphatic carbocycles. The summed E-state index contributed by atoms with van der Waals surface area (Å²) in [4.78, 5) is 2.13. The number of halogens is 2. The summed E-state index contributed by atoms with van der Waals surface area (Å²) in [5, 5.41) is 10.6. The van der Waals surface area contributed by atoms with Crippen LogP contribution in [0.2, 0.25) is 10.0 Å². The highest BCUT2D eigenvalue weighted by Gasteiger charge is 2.10. The van der Waals surface area contributed by atoms with Gasteiger partial charge >= 0.3 is 0 Å². The lowest BCUT2D eigenvalue weighted by Crippen LogP contribution is -2.22. The number of hydrogen-bond acceptors (Lipinski definition) is 2. The minimum absolute atomic E-state index is 0.127. The van der Waals surface area contributed by atoms with Crippen molar-refractivity contribution < 1.29 is 5.11 Å². The summed E-state index contributed by atoms with van der Waals surface area (Å²) in [6.07, 6.45) is 0. The van der Waals surface area contributed by atoms with Gasteiger partial charge in [0.05, 0.1) is 5.02 Å². The molecule has 0 bridgehead atoms. The number of nitrogens with zero attached hydrogens (tertiary/aromatic N) is 1. The standard InChI is InChI=1S/C12H17Cl2NO/c1-8(2)6-15(3)7-9-4-10(13)5-11(14)12(9)16/h4-5,8,16H,6-7H2,1-3H3. The minimum atomic E-state index is 0.127. The molecule has 0 fully saturated rings. The Hall–Kier alpha value is -0.440. The van der Waals surface area contributed by atoms with E-state index in [1.165, 1.54) is 0 Å². The first-order valence-corrected chi connectivity index (χ1v) is 6.01. The van der Waals surface area contributed by atoms with Gasteiger partial charge in [0.25, 0.3) is 0 Å². The van der Waals surface area contributed by atoms with E-state index < -0.39 is 0 Å². The van der Waals surface area contributed by atoms with Gasteiger partial charge in [-0.1, -0.05) is 37.0 Å². The summed E-state index contributed by atoms with van der Waals surface area (Å²) < 4.78 is 0. The molecule has 0 aliphatic rings. The summed E-state index contributed by atoms with van der Waals surface area (Å²) in [7, 11) is 2.01. The van der Waals surface area contributed by atoms with E-state index in [1.54, 1.807) is 12.1 Å². The van der Waals surface area contributed by atoms with Crippen molar-refractivity contribution in [2.45, 2.75) is 20.4 Å². The third-order valence-corrected chi connectivity index (χ3v) is 2.73. The maximum absolute atomic E-state index is 9.79. The first-order chi connectivity index (χ1) is 7.40. The van der Waals surface area contributed by atoms with Crippen LogP contribution in [-0.2, 0) is 6.54 Å². The normalized spacial score (nSPS) is 11.4. The second-order valence-electron chi connectivity index (χ2n) is 4.49. The van der Waals surface area contributed by atoms with Crippen LogP contribution in [0, 0.1) is 5.92 Å². The van der Waals surface area contributed by atoms with Crippen LogP contribution in [0.15, 0.2) is 12.1 Å². The molecular weight excluding hydrogens is 245 g/mol. The van der Waals surface area contributed by atoms with Gasteiger partial charge in [0, 0.05) is 23.7 Å². The summed E-state index contributed by atoms with van der Waals surface area (Å²) in [6, 6.07) is 3.30. The molecule has 90 valence electrons. The lowest BCUT2D eigenvalue weighted by Gasteiger charge is -2.19. The van der Waals surface area contributed by atoms with Crippen LogP contribution in [0.3, 0.4) is 0 Å². The van der Waals surface area contributed by atoms with Crippen LogP contribution in [0.1, 0.15) is 19.4 Å². The van der Waals surface area contributed by atoms with Crippen molar-refractivity contribution >= 4 is 23.2 Å². The molecule has 1 aromatic carbocycles. The van der Waals surface area contributed by atoms with Crippen molar-refractivity contribution in [3.05, 3.63) is 27.7 Å². The largest absolute Gasteiger partial charge is 0.506 e. The average molecular weight is 262 g/mol. The van der Waals surface area contributed by atoms with E-state index >= 15 is 0 Å². The van der Waals surface area contributed by atoms with Gasteiger partial charge in [-0.3, -0.25) is 0 Å². The monoisotopic (exact) mass is 261 g/mol. The average Bonchev–Trinajstić information content (AvgIpc) is 2.11. The van der Waals surface area contributed by atoms with Crippen LogP contribution in [-0.4, -0.2) is 23.6 Å². The quantitative estimate of drug-likeness (QED) is 0.892. The van der Waals surface area contributed by atoms with Gasteiger partial charge in [-0.15, -0.1) is 0 Å². The molecule has 1 rings (SSSR count). The van der Waals surface area contributed by atoms with E-state index in [2.05, 4.69) is 18.7 Å². The van der Waals surface area contributed by atoms with Gasteiger partial charge in [0.1, 0.15) is 5.75 Å². The molecule has 1 N–H and O–H groups in total. The number of phenolic OH excluding ortho intramolecular Hbond substituents is 1. The predicted molar refractivity (Wildman–Crippen MR) is 69.3 cm³/mol. The zero-order valence-electron chi connectivity index (χ0n) is 9.80. The molecule has 0 saturated heterocycles. The highest BCUT2D eigenvalue weighted by atomic mass is 35.5. The van der Waals surface area contributed by atoms with E-state index in [4.69, 9.17) is 23.2 Å². The van der Waals surface area contributed by atoms with Crippen LogP contribution >= 0.6 is 23.2 Å². The minimum Gasteiger partial charge on any atom is -0.506 e. The third kappa shape index (κ3) is 3.85. The van der Waals surface area contributed by atoms with Gasteiger partial charge in [-0.2, -0.15) is 0 Å². The number of aromatic hydroxyl groups is 1. The van der Waals surface area contributed by atoms with E-state index in [1.807, 2.05) is 7.05 Å². The Morgan fingerprint density at radius 2 is 1.94 bits per heavy atom. The molecule has 0 amide bonds. The van der Waals surface area contributed by atoms with Crippen molar-refractivity contribution in [2.24, 2.45) is 5.92 Å². The van der Waals surface area contributed by atoms with Crippen LogP contribution in [0.25, 0.3) is 0 Å². The fourth-order valence-electron chi connectivity index (χ4n) is 1.72. The topological polar surface area (TPSA) is 23.5 Å². The van der Waals surface area contributed by atoms with Crippen LogP contribution < -0.4 is 0 Å². The van der Waals surface area contributed by atoms with Gasteiger partial charge in [0.15, 0.2) is 0 Å². The molecule has 0 aromatic heterocycles. The summed E-state index contributed by atoms with van der Waals surface area (Å²) in [5.74, 6) is 0.712. The van der Waals surface area contributed by atoms with Crippen molar-refractivity contribution in [3.8, 4) is 5.75 Å². The molecule has 2 nitrogen and oxygen atoms in total. The SMILES string of the molecule is CC(C)CN(C)Cc1cc(Cl)cc(Cl)c1O. The van der Waals surface area contributed by atoms with Crippen LogP contribution in [0.4, 0.5) is 0 Å². The van der Waals surface area contributed by atoms with Crippen molar-refractivity contribution in [2.75, 3.05) is 13.6 Å². The Morgan fingerprint density at radius 3 is 2.50 bits per heavy atom. The predicted octanol–water partition coefficient (Wildman–Crippen LogP) is 3.79. The zero-order chi connectivity index (χ0) is 12.3. The van der Waals surface area contributed by atoms with Crippen molar-refractivity contribution in [3.63, 3.8) is 0 Å². The molecule has 0 radical (unpaired) electrons. The Morgan fingerprint density at radius 1 is 1.31 bits per heavy atom. The Balaban J connectivity index is 2.80. The lowest BCUT2D eigenvalue weighted by atomic mass is 10.1. The molecule has 0 aliphatic heterocycles. The maximum atomic E-state index is 9.79. The van der Waals surface area contributed by atoms with Crippen molar-refractivity contribution in [1.29, 1.82) is 0 Å². The Bertz CT molecular complexity index is 366. The molecule has 1 aromatic rings. The summed E-state index contributed by atoms with van der Waals surface area (Å²) >= 11 is 11.8. The molecule has 0 heterocycles. The Labute approximate surface area is 107 Å². The summed E-state index contributed by atoms with van der Waals surface area (Å²) in [5.41, 5.74) is 0.764. The van der Waals surface area contributed by atoms with Gasteiger partial charge in [-0.25, -0.2) is 0 Å². The lowest BCUT2D eigenvalue weighted by molar-refractivity contribution is 0.284. The number of phenols is 1. The Kier molecular flexibility index (Phi) is 4.90. The number of hydrogen-bond donors (Lipinski definition) is 1. The molecule has 4 heteroatoms. The molecule has 16 heavy (non-hydrogen) atoms. The third-order valence-electron chi connectivity index (χ3n) is 2.22. The maximum Gasteiger partial charge on any atom is 0.138 e. The fourth-order valence-corrected chi connectivity index (χ4v) is 2.25. The van der Waals surface area contributed by atoms with E-state index in [9.17, 15) is 5.11 Å². The first kappa shape index (κ1) is 13.6. The number of rotatable bonds is 4. The van der Waals surface area contributed by atoms with Crippen LogP contribution in [0.5, 0.6) is 5.75 Å². The zero-order valence-corrected chi connectivity index (χ0v) is 11.3. The summed E-state index contributed by atoms with van der Waals surface area (Å²) in [6.45, 7) is 5.91. The smallest absolute Gasteiger partial charge is 0.138 e. The van der Waals surface area contributed by atoms with Crippen molar-refractivity contribution in [1.82, 2.24) is 4.90 Å². The van der Waals surface area contributed by atoms with E-state index in [0.717, 1.165) is 12.1 Å². The number of benzene rings is 1. The molecule has 0 saturated carbocycles. The van der Waals surface area contributed by atoms with Gasteiger partial charge < -0.3 is 10.0 Å². The molecular formula is C12H17Cl2NO. The highest BCUT2D eigenvalue weighted by Crippen LogP contribution is 2.31. The second-order valence-corrected chi connectivity index (χ2v) is 5.33. The highest BCUT2D eigenvalue weighted by molar-refractivity contribution is 6.35. The van der Waals surface area contributed by atoms with Gasteiger partial charge in [0.2, 0.25) is 0 Å². The molecule has 0 unspecified atom stereocenters. The molecule has 0 atom stereocenters.